The van der Waals surface area contributed by atoms with Crippen molar-refractivity contribution in [1.82, 2.24) is 14.9 Å². The van der Waals surface area contributed by atoms with Crippen LogP contribution in [0.4, 0.5) is 4.79 Å². The maximum absolute atomic E-state index is 13.4. The van der Waals surface area contributed by atoms with Gasteiger partial charge in [-0.15, -0.1) is 0 Å². The second-order valence-corrected chi connectivity index (χ2v) is 8.38. The number of rotatable bonds is 6. The molecule has 0 saturated heterocycles. The molecule has 33 heavy (non-hydrogen) atoms. The zero-order valence-corrected chi connectivity index (χ0v) is 18.4. The highest BCUT2D eigenvalue weighted by Gasteiger charge is 2.21. The Bertz CT molecular complexity index is 1370. The number of ether oxygens (including phenoxy) is 1. The van der Waals surface area contributed by atoms with Crippen LogP contribution in [-0.2, 0) is 4.79 Å². The number of urea groups is 1. The fraction of sp³-hybridized carbons (Fsp3) is 0.0833. The van der Waals surface area contributed by atoms with Crippen LogP contribution in [0.5, 0.6) is 11.5 Å². The summed E-state index contributed by atoms with van der Waals surface area (Å²) < 4.78 is 7.27. The predicted molar refractivity (Wildman–Crippen MR) is 127 cm³/mol. The van der Waals surface area contributed by atoms with Gasteiger partial charge in [-0.05, 0) is 55.5 Å². The van der Waals surface area contributed by atoms with Gasteiger partial charge in [-0.1, -0.05) is 42.1 Å². The van der Waals surface area contributed by atoms with E-state index < -0.39 is 17.2 Å². The minimum absolute atomic E-state index is 0.276. The molecule has 0 aliphatic heterocycles. The van der Waals surface area contributed by atoms with Gasteiger partial charge >= 0.3 is 6.03 Å². The Labute approximate surface area is 193 Å². The van der Waals surface area contributed by atoms with Crippen LogP contribution in [0.1, 0.15) is 6.92 Å². The molecule has 9 heteroatoms. The van der Waals surface area contributed by atoms with Crippen molar-refractivity contribution >= 4 is 34.6 Å². The first-order valence-electron chi connectivity index (χ1n) is 10.0. The number of hydrogen-bond acceptors (Lipinski definition) is 6. The Balaban J connectivity index is 1.73. The highest BCUT2D eigenvalue weighted by atomic mass is 32.2. The number of aromatic nitrogens is 2. The fourth-order valence-electron chi connectivity index (χ4n) is 3.14. The highest BCUT2D eigenvalue weighted by molar-refractivity contribution is 8.00. The molecule has 4 aromatic rings. The second-order valence-electron chi connectivity index (χ2n) is 7.07. The molecule has 0 bridgehead atoms. The average molecular weight is 461 g/mol. The summed E-state index contributed by atoms with van der Waals surface area (Å²) in [6.45, 7) is 1.60. The zero-order chi connectivity index (χ0) is 23.4. The van der Waals surface area contributed by atoms with Crippen molar-refractivity contribution in [2.24, 2.45) is 5.73 Å². The van der Waals surface area contributed by atoms with Crippen molar-refractivity contribution in [2.45, 2.75) is 17.3 Å². The van der Waals surface area contributed by atoms with Crippen LogP contribution >= 0.6 is 11.8 Å². The van der Waals surface area contributed by atoms with Gasteiger partial charge < -0.3 is 10.5 Å². The Morgan fingerprint density at radius 3 is 2.30 bits per heavy atom. The summed E-state index contributed by atoms with van der Waals surface area (Å²) in [4.78, 5) is 41.2. The number of nitrogens with two attached hydrogens (primary N) is 1. The number of fused-ring (bicyclic) bond motifs is 1. The van der Waals surface area contributed by atoms with Gasteiger partial charge in [0, 0.05) is 0 Å². The van der Waals surface area contributed by atoms with Crippen LogP contribution in [0.15, 0.2) is 88.8 Å². The van der Waals surface area contributed by atoms with Crippen LogP contribution < -0.4 is 21.3 Å². The molecule has 3 aromatic carbocycles. The average Bonchev–Trinajstić information content (AvgIpc) is 2.80. The molecule has 0 spiro atoms. The van der Waals surface area contributed by atoms with E-state index in [0.29, 0.717) is 33.2 Å². The van der Waals surface area contributed by atoms with Gasteiger partial charge in [-0.25, -0.2) is 9.78 Å². The number of nitrogens with one attached hydrogen (secondary N) is 1. The summed E-state index contributed by atoms with van der Waals surface area (Å²) in [5, 5.41) is 2.08. The van der Waals surface area contributed by atoms with Gasteiger partial charge in [-0.2, -0.15) is 0 Å². The van der Waals surface area contributed by atoms with Crippen molar-refractivity contribution in [1.29, 1.82) is 0 Å². The first kappa shape index (κ1) is 22.1. The zero-order valence-electron chi connectivity index (χ0n) is 17.6. The molecule has 0 aliphatic carbocycles. The van der Waals surface area contributed by atoms with Crippen molar-refractivity contribution in [2.75, 3.05) is 0 Å². The van der Waals surface area contributed by atoms with E-state index in [9.17, 15) is 14.4 Å². The summed E-state index contributed by atoms with van der Waals surface area (Å²) in [5.41, 5.74) is 5.84. The van der Waals surface area contributed by atoms with E-state index in [1.807, 2.05) is 30.3 Å². The van der Waals surface area contributed by atoms with Crippen molar-refractivity contribution in [3.8, 4) is 17.2 Å². The van der Waals surface area contributed by atoms with E-state index in [-0.39, 0.29) is 5.56 Å². The molecule has 0 aliphatic rings. The molecule has 0 radical (unpaired) electrons. The van der Waals surface area contributed by atoms with Gasteiger partial charge in [0.05, 0.1) is 21.8 Å². The number of thioether (sulfide) groups is 1. The lowest BCUT2D eigenvalue weighted by atomic mass is 10.2. The van der Waals surface area contributed by atoms with E-state index in [1.165, 1.54) is 4.57 Å². The molecule has 8 nitrogen and oxygen atoms in total. The van der Waals surface area contributed by atoms with E-state index in [0.717, 1.165) is 11.8 Å². The lowest BCUT2D eigenvalue weighted by Gasteiger charge is -2.16. The number of hydrogen-bond donors (Lipinski definition) is 2. The van der Waals surface area contributed by atoms with Crippen molar-refractivity contribution in [3.63, 3.8) is 0 Å². The third-order valence-corrected chi connectivity index (χ3v) is 5.77. The standard InChI is InChI=1S/C24H20N4O4S/c1-15(21(29)27-23(25)31)33-24-26-20-10-6-5-9-19(20)22(30)28(24)16-11-13-18(14-12-16)32-17-7-3-2-4-8-17/h2-15H,1H3,(H3,25,27,29,31)/t15-/m1/s1. The predicted octanol–water partition coefficient (Wildman–Crippen LogP) is 3.85. The SMILES string of the molecule is C[C@@H](Sc1nc2ccccc2c(=O)n1-c1ccc(Oc2ccccc2)cc1)C(=O)NC(N)=O. The van der Waals surface area contributed by atoms with Crippen LogP contribution in [0.3, 0.4) is 0 Å². The van der Waals surface area contributed by atoms with Gasteiger partial charge in [0.1, 0.15) is 11.5 Å². The molecule has 166 valence electrons. The number of nitrogens with zero attached hydrogens (tertiary/aromatic N) is 2. The third kappa shape index (κ3) is 5.04. The number of benzene rings is 3. The van der Waals surface area contributed by atoms with Gasteiger partial charge in [0.2, 0.25) is 5.91 Å². The Morgan fingerprint density at radius 1 is 0.970 bits per heavy atom. The van der Waals surface area contributed by atoms with Gasteiger partial charge in [-0.3, -0.25) is 19.5 Å². The smallest absolute Gasteiger partial charge is 0.318 e. The van der Waals surface area contributed by atoms with Crippen LogP contribution in [-0.4, -0.2) is 26.7 Å². The number of primary amides is 1. The first-order chi connectivity index (χ1) is 15.9. The fourth-order valence-corrected chi connectivity index (χ4v) is 4.07. The van der Waals surface area contributed by atoms with Crippen molar-refractivity contribution in [3.05, 3.63) is 89.2 Å². The summed E-state index contributed by atoms with van der Waals surface area (Å²) in [5.74, 6) is 0.726. The van der Waals surface area contributed by atoms with Crippen LogP contribution in [0, 0.1) is 0 Å². The monoisotopic (exact) mass is 460 g/mol. The maximum atomic E-state index is 13.4. The van der Waals surface area contributed by atoms with Gasteiger partial charge in [0.15, 0.2) is 5.16 Å². The summed E-state index contributed by atoms with van der Waals surface area (Å²) >= 11 is 1.05. The molecule has 3 amide bonds. The van der Waals surface area contributed by atoms with E-state index in [2.05, 4.69) is 10.3 Å². The minimum Gasteiger partial charge on any atom is -0.457 e. The molecule has 1 atom stereocenters. The molecule has 1 heterocycles. The molecule has 4 rings (SSSR count). The lowest BCUT2D eigenvalue weighted by molar-refractivity contribution is -0.119. The topological polar surface area (TPSA) is 116 Å². The highest BCUT2D eigenvalue weighted by Crippen LogP contribution is 2.27. The molecule has 0 fully saturated rings. The molecule has 0 unspecified atom stereocenters. The normalized spacial score (nSPS) is 11.7. The van der Waals surface area contributed by atoms with E-state index in [1.54, 1.807) is 55.5 Å². The molecule has 3 N–H and O–H groups in total. The Morgan fingerprint density at radius 2 is 1.61 bits per heavy atom. The molecule has 0 saturated carbocycles. The van der Waals surface area contributed by atoms with Crippen molar-refractivity contribution < 1.29 is 14.3 Å². The van der Waals surface area contributed by atoms with Crippen LogP contribution in [0.25, 0.3) is 16.6 Å². The number of para-hydroxylation sites is 2. The largest absolute Gasteiger partial charge is 0.457 e. The third-order valence-electron chi connectivity index (χ3n) is 4.72. The second kappa shape index (κ2) is 9.58. The van der Waals surface area contributed by atoms with E-state index >= 15 is 0 Å². The summed E-state index contributed by atoms with van der Waals surface area (Å²) in [6.07, 6.45) is 0. The van der Waals surface area contributed by atoms with Gasteiger partial charge in [0.25, 0.3) is 5.56 Å². The molecular formula is C24H20N4O4S. The summed E-state index contributed by atoms with van der Waals surface area (Å²) in [7, 11) is 0. The molecule has 1 aromatic heterocycles. The van der Waals surface area contributed by atoms with Crippen LogP contribution in [0.2, 0.25) is 0 Å². The number of carbonyl (C=O) groups excluding carboxylic acids is 2. The van der Waals surface area contributed by atoms with E-state index in [4.69, 9.17) is 10.5 Å². The quantitative estimate of drug-likeness (QED) is 0.333. The summed E-state index contributed by atoms with van der Waals surface area (Å²) in [6, 6.07) is 22.4. The lowest BCUT2D eigenvalue weighted by Crippen LogP contribution is -2.39. The minimum atomic E-state index is -0.940. The number of carbonyl (C=O) groups is 2. The number of imide groups is 1. The Kier molecular flexibility index (Phi) is 6.41. The Hall–Kier alpha value is -4.11. The first-order valence-corrected chi connectivity index (χ1v) is 10.9. The maximum Gasteiger partial charge on any atom is 0.318 e. The number of amides is 3. The molecular weight excluding hydrogens is 440 g/mol.